The van der Waals surface area contributed by atoms with Gasteiger partial charge in [0.25, 0.3) is 0 Å². The Morgan fingerprint density at radius 1 is 1.16 bits per heavy atom. The van der Waals surface area contributed by atoms with Gasteiger partial charge in [-0.3, -0.25) is 9.59 Å². The number of amides is 2. The Morgan fingerprint density at radius 2 is 1.68 bits per heavy atom. The Labute approximate surface area is 112 Å². The predicted molar refractivity (Wildman–Crippen MR) is 72.1 cm³/mol. The van der Waals surface area contributed by atoms with Gasteiger partial charge in [0.2, 0.25) is 11.8 Å². The lowest BCUT2D eigenvalue weighted by molar-refractivity contribution is -0.131. The van der Waals surface area contributed by atoms with E-state index in [9.17, 15) is 14.0 Å². The maximum absolute atomic E-state index is 12.7. The van der Waals surface area contributed by atoms with Crippen LogP contribution in [-0.2, 0) is 9.59 Å². The van der Waals surface area contributed by atoms with Crippen molar-refractivity contribution >= 4 is 17.5 Å². The highest BCUT2D eigenvalue weighted by atomic mass is 19.1. The van der Waals surface area contributed by atoms with E-state index >= 15 is 0 Å². The average Bonchev–Trinajstić information content (AvgIpc) is 2.30. The molecule has 1 unspecified atom stereocenters. The van der Waals surface area contributed by atoms with E-state index in [-0.39, 0.29) is 17.6 Å². The summed E-state index contributed by atoms with van der Waals surface area (Å²) in [5.74, 6) is -0.912. The largest absolute Gasteiger partial charge is 0.344 e. The van der Waals surface area contributed by atoms with Gasteiger partial charge in [0, 0.05) is 11.1 Å². The Hall–Kier alpha value is -1.91. The van der Waals surface area contributed by atoms with Gasteiger partial charge >= 0.3 is 0 Å². The molecule has 104 valence electrons. The van der Waals surface area contributed by atoms with Crippen LogP contribution in [0, 0.1) is 11.2 Å². The van der Waals surface area contributed by atoms with E-state index in [4.69, 9.17) is 0 Å². The van der Waals surface area contributed by atoms with Crippen LogP contribution < -0.4 is 10.6 Å². The van der Waals surface area contributed by atoms with Crippen LogP contribution in [0.1, 0.15) is 27.7 Å². The molecule has 2 amide bonds. The fraction of sp³-hybridized carbons (Fsp3) is 0.429. The highest BCUT2D eigenvalue weighted by molar-refractivity contribution is 5.97. The second-order valence-electron chi connectivity index (χ2n) is 5.44. The summed E-state index contributed by atoms with van der Waals surface area (Å²) in [4.78, 5) is 23.6. The molecule has 0 aliphatic carbocycles. The van der Waals surface area contributed by atoms with E-state index in [2.05, 4.69) is 10.6 Å². The van der Waals surface area contributed by atoms with Crippen LogP contribution >= 0.6 is 0 Å². The molecule has 4 nitrogen and oxygen atoms in total. The van der Waals surface area contributed by atoms with Crippen molar-refractivity contribution in [3.63, 3.8) is 0 Å². The van der Waals surface area contributed by atoms with Crippen molar-refractivity contribution in [1.82, 2.24) is 5.32 Å². The molecule has 19 heavy (non-hydrogen) atoms. The zero-order valence-corrected chi connectivity index (χ0v) is 11.6. The number of carbonyl (C=O) groups is 2. The molecule has 0 saturated carbocycles. The third-order valence-electron chi connectivity index (χ3n) is 2.53. The van der Waals surface area contributed by atoms with Crippen molar-refractivity contribution in [2.75, 3.05) is 5.32 Å². The number of halogens is 1. The van der Waals surface area contributed by atoms with Crippen LogP contribution in [0.2, 0.25) is 0 Å². The number of hydrogen-bond acceptors (Lipinski definition) is 2. The molecule has 0 aliphatic rings. The molecule has 1 rings (SSSR count). The summed E-state index contributed by atoms with van der Waals surface area (Å²) in [7, 11) is 0. The molecular formula is C14H19FN2O2. The third kappa shape index (κ3) is 4.69. The first-order chi connectivity index (χ1) is 8.70. The lowest BCUT2D eigenvalue weighted by atomic mass is 9.95. The highest BCUT2D eigenvalue weighted by Crippen LogP contribution is 2.13. The van der Waals surface area contributed by atoms with E-state index < -0.39 is 11.5 Å². The van der Waals surface area contributed by atoms with Gasteiger partial charge in [-0.05, 0) is 31.2 Å². The SMILES string of the molecule is CC(NC(=O)C(C)(C)C)C(=O)Nc1ccc(F)cc1. The molecule has 0 aromatic heterocycles. The average molecular weight is 266 g/mol. The van der Waals surface area contributed by atoms with Gasteiger partial charge in [-0.1, -0.05) is 20.8 Å². The minimum atomic E-state index is -0.656. The number of benzene rings is 1. The van der Waals surface area contributed by atoms with Gasteiger partial charge in [0.15, 0.2) is 0 Å². The zero-order chi connectivity index (χ0) is 14.6. The third-order valence-corrected chi connectivity index (χ3v) is 2.53. The van der Waals surface area contributed by atoms with Crippen molar-refractivity contribution < 1.29 is 14.0 Å². The fourth-order valence-corrected chi connectivity index (χ4v) is 1.26. The maximum Gasteiger partial charge on any atom is 0.246 e. The molecule has 2 N–H and O–H groups in total. The fourth-order valence-electron chi connectivity index (χ4n) is 1.26. The summed E-state index contributed by atoms with van der Waals surface area (Å²) < 4.78 is 12.7. The highest BCUT2D eigenvalue weighted by Gasteiger charge is 2.24. The molecule has 0 fully saturated rings. The normalized spacial score (nSPS) is 12.7. The summed E-state index contributed by atoms with van der Waals surface area (Å²) in [5.41, 5.74) is -0.0620. The molecule has 0 saturated heterocycles. The summed E-state index contributed by atoms with van der Waals surface area (Å²) in [6.07, 6.45) is 0. The van der Waals surface area contributed by atoms with Crippen LogP contribution in [0.15, 0.2) is 24.3 Å². The van der Waals surface area contributed by atoms with Gasteiger partial charge < -0.3 is 10.6 Å². The molecule has 0 spiro atoms. The molecule has 0 bridgehead atoms. The smallest absolute Gasteiger partial charge is 0.246 e. The molecule has 0 aliphatic heterocycles. The second kappa shape index (κ2) is 5.82. The van der Waals surface area contributed by atoms with Gasteiger partial charge in [-0.25, -0.2) is 4.39 Å². The van der Waals surface area contributed by atoms with Gasteiger partial charge in [0.05, 0.1) is 0 Å². The number of rotatable bonds is 3. The summed E-state index contributed by atoms with van der Waals surface area (Å²) in [5, 5.41) is 5.23. The van der Waals surface area contributed by atoms with E-state index in [0.717, 1.165) is 0 Å². The first-order valence-corrected chi connectivity index (χ1v) is 6.07. The minimum Gasteiger partial charge on any atom is -0.344 e. The van der Waals surface area contributed by atoms with Crippen LogP contribution in [0.5, 0.6) is 0 Å². The summed E-state index contributed by atoms with van der Waals surface area (Å²) in [6.45, 7) is 6.91. The van der Waals surface area contributed by atoms with E-state index in [1.165, 1.54) is 24.3 Å². The molecule has 1 atom stereocenters. The lowest BCUT2D eigenvalue weighted by Gasteiger charge is -2.21. The van der Waals surface area contributed by atoms with E-state index in [1.807, 2.05) is 0 Å². The number of anilines is 1. The number of carbonyl (C=O) groups excluding carboxylic acids is 2. The molecular weight excluding hydrogens is 247 g/mol. The van der Waals surface area contributed by atoms with Crippen molar-refractivity contribution in [3.05, 3.63) is 30.1 Å². The van der Waals surface area contributed by atoms with Crippen LogP contribution in [0.3, 0.4) is 0 Å². The van der Waals surface area contributed by atoms with Crippen LogP contribution in [-0.4, -0.2) is 17.9 Å². The number of nitrogens with one attached hydrogen (secondary N) is 2. The van der Waals surface area contributed by atoms with Gasteiger partial charge in [-0.2, -0.15) is 0 Å². The molecule has 5 heteroatoms. The molecule has 0 radical (unpaired) electrons. The van der Waals surface area contributed by atoms with Crippen LogP contribution in [0.25, 0.3) is 0 Å². The standard InChI is InChI=1S/C14H19FN2O2/c1-9(16-13(19)14(2,3)4)12(18)17-11-7-5-10(15)6-8-11/h5-9H,1-4H3,(H,16,19)(H,17,18). The first-order valence-electron chi connectivity index (χ1n) is 6.07. The van der Waals surface area contributed by atoms with Gasteiger partial charge in [-0.15, -0.1) is 0 Å². The quantitative estimate of drug-likeness (QED) is 0.882. The molecule has 1 aromatic rings. The van der Waals surface area contributed by atoms with Crippen LogP contribution in [0.4, 0.5) is 10.1 Å². The number of hydrogen-bond donors (Lipinski definition) is 2. The predicted octanol–water partition coefficient (Wildman–Crippen LogP) is 2.32. The topological polar surface area (TPSA) is 58.2 Å². The zero-order valence-electron chi connectivity index (χ0n) is 11.6. The molecule has 1 aromatic carbocycles. The van der Waals surface area contributed by atoms with Crippen molar-refractivity contribution in [3.8, 4) is 0 Å². The Morgan fingerprint density at radius 3 is 2.16 bits per heavy atom. The second-order valence-corrected chi connectivity index (χ2v) is 5.44. The van der Waals surface area contributed by atoms with E-state index in [1.54, 1.807) is 27.7 Å². The van der Waals surface area contributed by atoms with Crippen molar-refractivity contribution in [2.45, 2.75) is 33.7 Å². The van der Waals surface area contributed by atoms with Crippen molar-refractivity contribution in [2.24, 2.45) is 5.41 Å². The lowest BCUT2D eigenvalue weighted by Crippen LogP contribution is -2.46. The Balaban J connectivity index is 2.58. The maximum atomic E-state index is 12.7. The van der Waals surface area contributed by atoms with Crippen molar-refractivity contribution in [1.29, 1.82) is 0 Å². The first kappa shape index (κ1) is 15.1. The van der Waals surface area contributed by atoms with Gasteiger partial charge in [0.1, 0.15) is 11.9 Å². The Kier molecular flexibility index (Phi) is 4.64. The Bertz CT molecular complexity index is 463. The summed E-state index contributed by atoms with van der Waals surface area (Å²) in [6, 6.07) is 4.79. The molecule has 0 heterocycles. The summed E-state index contributed by atoms with van der Waals surface area (Å²) >= 11 is 0. The monoisotopic (exact) mass is 266 g/mol. The van der Waals surface area contributed by atoms with E-state index in [0.29, 0.717) is 5.69 Å². The minimum absolute atomic E-state index is 0.200.